The maximum absolute atomic E-state index is 13.7. The number of unbranched alkanes of at least 4 members (excludes halogenated alkanes) is 7. The minimum absolute atomic E-state index is 0.341. The zero-order chi connectivity index (χ0) is 27.5. The van der Waals surface area contributed by atoms with E-state index in [0.29, 0.717) is 10.1 Å². The molecule has 0 bridgehead atoms. The summed E-state index contributed by atoms with van der Waals surface area (Å²) in [5.41, 5.74) is 1.26. The molecule has 1 heterocycles. The molecule has 1 aromatic rings. The number of ether oxygens (including phenoxy) is 1. The summed E-state index contributed by atoms with van der Waals surface area (Å²) in [7, 11) is 2.19. The first-order valence-electron chi connectivity index (χ1n) is 16.2. The predicted octanol–water partition coefficient (Wildman–Crippen LogP) is 9.45. The van der Waals surface area contributed by atoms with Gasteiger partial charge in [0.1, 0.15) is 0 Å². The fourth-order valence-electron chi connectivity index (χ4n) is 6.47. The Kier molecular flexibility index (Phi) is 17.8. The third-order valence-corrected chi connectivity index (χ3v) is 26.3. The van der Waals surface area contributed by atoms with Crippen LogP contribution in [0.15, 0.2) is 30.3 Å². The molecule has 1 aromatic carbocycles. The van der Waals surface area contributed by atoms with Crippen LogP contribution in [0.25, 0.3) is 0 Å². The Labute approximate surface area is 240 Å². The Hall–Kier alpha value is -0.751. The molecule has 0 aromatic heterocycles. The normalized spacial score (nSPS) is 14.7. The van der Waals surface area contributed by atoms with Crippen LogP contribution in [-0.4, -0.2) is 65.0 Å². The van der Waals surface area contributed by atoms with Gasteiger partial charge in [-0.25, -0.2) is 0 Å². The molecule has 38 heavy (non-hydrogen) atoms. The molecule has 0 radical (unpaired) electrons. The first-order valence-corrected chi connectivity index (χ1v) is 23.9. The molecule has 1 unspecified atom stereocenters. The molecule has 1 fully saturated rings. The number of benzene rings is 1. The number of rotatable bonds is 21. The van der Waals surface area contributed by atoms with E-state index in [2.05, 4.69) is 68.0 Å². The van der Waals surface area contributed by atoms with Crippen molar-refractivity contribution in [1.82, 2.24) is 9.80 Å². The predicted molar refractivity (Wildman–Crippen MR) is 166 cm³/mol. The molecule has 0 saturated carbocycles. The van der Waals surface area contributed by atoms with Crippen molar-refractivity contribution in [2.75, 3.05) is 26.7 Å². The summed E-state index contributed by atoms with van der Waals surface area (Å²) in [4.78, 5) is 18.1. The van der Waals surface area contributed by atoms with E-state index in [0.717, 1.165) is 32.7 Å². The number of amides is 2. The summed E-state index contributed by atoms with van der Waals surface area (Å²) >= 11 is -2.59. The van der Waals surface area contributed by atoms with Crippen LogP contribution in [0.1, 0.15) is 116 Å². The van der Waals surface area contributed by atoms with E-state index in [9.17, 15) is 4.79 Å². The number of likely N-dealkylation sites (tertiary alicyclic amines) is 1. The van der Waals surface area contributed by atoms with E-state index in [1.165, 1.54) is 102 Å². The van der Waals surface area contributed by atoms with Gasteiger partial charge in [0.2, 0.25) is 0 Å². The Balaban J connectivity index is 1.95. The molecule has 2 rings (SSSR count). The summed E-state index contributed by atoms with van der Waals surface area (Å²) in [6, 6.07) is 10.8. The van der Waals surface area contributed by atoms with E-state index in [1.54, 1.807) is 0 Å². The van der Waals surface area contributed by atoms with Gasteiger partial charge in [-0.15, -0.1) is 0 Å². The first kappa shape index (κ1) is 33.5. The van der Waals surface area contributed by atoms with Crippen molar-refractivity contribution >= 4 is 24.4 Å². The van der Waals surface area contributed by atoms with Crippen LogP contribution in [0.5, 0.6) is 0 Å². The summed E-state index contributed by atoms with van der Waals surface area (Å²) < 4.78 is 10.9. The zero-order valence-corrected chi connectivity index (χ0v) is 28.4. The molecule has 0 aliphatic carbocycles. The fraction of sp³-hybridized carbons (Fsp3) is 0.788. The van der Waals surface area contributed by atoms with E-state index in [4.69, 9.17) is 4.74 Å². The third-order valence-electron chi connectivity index (χ3n) is 8.82. The van der Waals surface area contributed by atoms with Gasteiger partial charge in [-0.05, 0) is 0 Å². The van der Waals surface area contributed by atoms with E-state index < -0.39 is 18.4 Å². The maximum atomic E-state index is 13.7. The van der Waals surface area contributed by atoms with E-state index >= 15 is 0 Å². The van der Waals surface area contributed by atoms with Crippen molar-refractivity contribution < 1.29 is 9.53 Å². The summed E-state index contributed by atoms with van der Waals surface area (Å²) in [5, 5.41) is 0. The van der Waals surface area contributed by atoms with Gasteiger partial charge in [-0.1, -0.05) is 18.2 Å². The van der Waals surface area contributed by atoms with Gasteiger partial charge in [0.05, 0.1) is 0 Å². The molecule has 218 valence electrons. The quantitative estimate of drug-likeness (QED) is 0.0996. The molecule has 1 aliphatic rings. The van der Waals surface area contributed by atoms with Crippen LogP contribution >= 0.6 is 0 Å². The molecular formula is C33H60N2O2Sn. The van der Waals surface area contributed by atoms with Gasteiger partial charge in [0.15, 0.2) is 0 Å². The van der Waals surface area contributed by atoms with Gasteiger partial charge >= 0.3 is 223 Å². The van der Waals surface area contributed by atoms with Crippen LogP contribution < -0.4 is 0 Å². The van der Waals surface area contributed by atoms with Crippen molar-refractivity contribution in [3.63, 3.8) is 0 Å². The van der Waals surface area contributed by atoms with Crippen LogP contribution in [0.4, 0.5) is 4.79 Å². The van der Waals surface area contributed by atoms with Gasteiger partial charge in [-0.2, -0.15) is 0 Å². The Morgan fingerprint density at radius 3 is 1.97 bits per heavy atom. The minimum atomic E-state index is -2.59. The van der Waals surface area contributed by atoms with E-state index in [-0.39, 0.29) is 0 Å². The van der Waals surface area contributed by atoms with Crippen molar-refractivity contribution in [3.8, 4) is 0 Å². The molecule has 1 aliphatic heterocycles. The summed E-state index contributed by atoms with van der Waals surface area (Å²) in [6.07, 6.45) is 17.8. The Morgan fingerprint density at radius 2 is 1.39 bits per heavy atom. The molecular weight excluding hydrogens is 575 g/mol. The number of hydrogen-bond acceptors (Lipinski definition) is 2. The number of nitrogens with zero attached hydrogens (tertiary/aromatic N) is 2. The van der Waals surface area contributed by atoms with Crippen LogP contribution in [0, 0.1) is 0 Å². The molecule has 1 atom stereocenters. The zero-order valence-electron chi connectivity index (χ0n) is 25.5. The van der Waals surface area contributed by atoms with Crippen LogP contribution in [-0.2, 0) is 11.3 Å². The standard InChI is InChI=1S/C21H33N2O2.3C4H9.Sn/c1-22(21(24)23-16-10-11-17-23)15-9-4-2-3-5-12-18-25-19-20-13-7-6-8-14-20;3*1-3-4-2;/h6-8,13-15H,2-5,9-12,16-19H2,1H3;3*1,3-4H2,2H3;. The van der Waals surface area contributed by atoms with Crippen molar-refractivity contribution in [1.29, 1.82) is 0 Å². The average molecular weight is 636 g/mol. The number of carbonyl (C=O) groups is 1. The summed E-state index contributed by atoms with van der Waals surface area (Å²) in [5.74, 6) is 0. The van der Waals surface area contributed by atoms with Crippen LogP contribution in [0.2, 0.25) is 13.3 Å². The Bertz CT molecular complexity index is 701. The van der Waals surface area contributed by atoms with Crippen molar-refractivity contribution in [2.24, 2.45) is 0 Å². The average Bonchev–Trinajstić information content (AvgIpc) is 3.49. The van der Waals surface area contributed by atoms with Crippen molar-refractivity contribution in [2.45, 2.75) is 135 Å². The number of urea groups is 1. The molecule has 5 heteroatoms. The third kappa shape index (κ3) is 11.8. The van der Waals surface area contributed by atoms with Gasteiger partial charge in [0, 0.05) is 0 Å². The SMILES string of the molecule is CCC[CH2][Sn]([CH2]CCC)([CH2]CCC)[CH](CCCCCCCOCc1ccccc1)N(C)C(=O)N1CCCC1. The monoisotopic (exact) mass is 636 g/mol. The van der Waals surface area contributed by atoms with Gasteiger partial charge < -0.3 is 0 Å². The van der Waals surface area contributed by atoms with Gasteiger partial charge in [0.25, 0.3) is 0 Å². The second-order valence-corrected chi connectivity index (χ2v) is 25.8. The molecule has 0 spiro atoms. The molecule has 1 saturated heterocycles. The van der Waals surface area contributed by atoms with Gasteiger partial charge in [-0.3, -0.25) is 0 Å². The van der Waals surface area contributed by atoms with Crippen LogP contribution in [0.3, 0.4) is 0 Å². The number of carbonyl (C=O) groups excluding carboxylic acids is 1. The summed E-state index contributed by atoms with van der Waals surface area (Å²) in [6.45, 7) is 10.6. The second kappa shape index (κ2) is 20.2. The van der Waals surface area contributed by atoms with E-state index in [1.807, 2.05) is 0 Å². The number of hydrogen-bond donors (Lipinski definition) is 0. The second-order valence-electron chi connectivity index (χ2n) is 11.9. The van der Waals surface area contributed by atoms with Crippen molar-refractivity contribution in [3.05, 3.63) is 35.9 Å². The first-order chi connectivity index (χ1) is 18.6. The topological polar surface area (TPSA) is 32.8 Å². The molecule has 2 amide bonds. The Morgan fingerprint density at radius 1 is 0.842 bits per heavy atom. The molecule has 4 nitrogen and oxygen atoms in total. The molecule has 0 N–H and O–H groups in total. The fourth-order valence-corrected chi connectivity index (χ4v) is 25.5.